The molecule has 3 aromatic rings. The molecule has 2 N–H and O–H groups in total. The van der Waals surface area contributed by atoms with Gasteiger partial charge in [-0.25, -0.2) is 4.79 Å². The van der Waals surface area contributed by atoms with Crippen LogP contribution in [0.4, 0.5) is 13.2 Å². The molecule has 1 atom stereocenters. The Bertz CT molecular complexity index is 1200. The zero-order chi connectivity index (χ0) is 25.6. The second-order valence-corrected chi connectivity index (χ2v) is 7.66. The van der Waals surface area contributed by atoms with Gasteiger partial charge in [-0.3, -0.25) is 4.79 Å². The van der Waals surface area contributed by atoms with Gasteiger partial charge >= 0.3 is 18.1 Å². The molecule has 0 saturated carbocycles. The fourth-order valence-corrected chi connectivity index (χ4v) is 3.50. The molecule has 0 fully saturated rings. The van der Waals surface area contributed by atoms with Crippen LogP contribution in [0.15, 0.2) is 66.7 Å². The molecule has 0 aliphatic heterocycles. The van der Waals surface area contributed by atoms with Gasteiger partial charge in [-0.1, -0.05) is 42.5 Å². The van der Waals surface area contributed by atoms with Gasteiger partial charge in [0.15, 0.2) is 0 Å². The van der Waals surface area contributed by atoms with Crippen LogP contribution in [0, 0.1) is 0 Å². The lowest BCUT2D eigenvalue weighted by atomic mass is 9.91. The first-order valence-electron chi connectivity index (χ1n) is 10.6. The number of carbonyl (C=O) groups is 2. The van der Waals surface area contributed by atoms with Gasteiger partial charge in [0.1, 0.15) is 18.4 Å². The monoisotopic (exact) mass is 487 g/mol. The Labute approximate surface area is 200 Å². The summed E-state index contributed by atoms with van der Waals surface area (Å²) >= 11 is 0. The third-order valence-corrected chi connectivity index (χ3v) is 5.32. The fraction of sp³-hybridized carbons (Fsp3) is 0.231. The third kappa shape index (κ3) is 6.39. The van der Waals surface area contributed by atoms with E-state index >= 15 is 0 Å². The Balaban J connectivity index is 2.04. The first-order valence-corrected chi connectivity index (χ1v) is 10.6. The zero-order valence-corrected chi connectivity index (χ0v) is 19.1. The minimum Gasteiger partial charge on any atom is -0.496 e. The highest BCUT2D eigenvalue weighted by atomic mass is 19.4. The SMILES string of the molecule is COC(=O)Cc1ccc(OC)c(-c2ccc(C(F)(F)F)cc2C(N)C(=O)OCc2ccccc2)c1. The minimum absolute atomic E-state index is 0.0609. The summed E-state index contributed by atoms with van der Waals surface area (Å²) in [4.78, 5) is 24.5. The molecule has 3 aromatic carbocycles. The number of carbonyl (C=O) groups excluding carboxylic acids is 2. The number of alkyl halides is 3. The van der Waals surface area contributed by atoms with Crippen LogP contribution in [0.2, 0.25) is 0 Å². The first-order chi connectivity index (χ1) is 16.6. The maximum absolute atomic E-state index is 13.5. The molecule has 35 heavy (non-hydrogen) atoms. The molecule has 0 bridgehead atoms. The number of methoxy groups -OCH3 is 2. The summed E-state index contributed by atoms with van der Waals surface area (Å²) in [6, 6.07) is 15.1. The van der Waals surface area contributed by atoms with Gasteiger partial charge in [-0.2, -0.15) is 13.2 Å². The van der Waals surface area contributed by atoms with Crippen molar-refractivity contribution in [2.45, 2.75) is 25.2 Å². The quantitative estimate of drug-likeness (QED) is 0.458. The molecule has 3 rings (SSSR count). The van der Waals surface area contributed by atoms with Crippen molar-refractivity contribution in [1.29, 1.82) is 0 Å². The van der Waals surface area contributed by atoms with Crippen LogP contribution in [-0.4, -0.2) is 26.2 Å². The molecular formula is C26H24F3NO5. The predicted molar refractivity (Wildman–Crippen MR) is 122 cm³/mol. The van der Waals surface area contributed by atoms with Gasteiger partial charge in [0.25, 0.3) is 0 Å². The number of esters is 2. The van der Waals surface area contributed by atoms with Crippen molar-refractivity contribution in [3.05, 3.63) is 89.0 Å². The molecule has 0 spiro atoms. The molecule has 0 heterocycles. The van der Waals surface area contributed by atoms with Crippen LogP contribution in [0.1, 0.15) is 28.3 Å². The van der Waals surface area contributed by atoms with E-state index in [9.17, 15) is 22.8 Å². The van der Waals surface area contributed by atoms with E-state index in [4.69, 9.17) is 15.2 Å². The standard InChI is InChI=1S/C26H24F3NO5/c1-33-22-11-8-17(13-23(31)34-2)12-20(22)19-10-9-18(26(27,28)29)14-21(19)24(30)25(32)35-15-16-6-4-3-5-7-16/h3-12,14,24H,13,15,30H2,1-2H3. The summed E-state index contributed by atoms with van der Waals surface area (Å²) in [6.45, 7) is -0.0837. The molecule has 0 saturated heterocycles. The summed E-state index contributed by atoms with van der Waals surface area (Å²) in [7, 11) is 2.65. The van der Waals surface area contributed by atoms with E-state index in [1.807, 2.05) is 0 Å². The molecule has 184 valence electrons. The lowest BCUT2D eigenvalue weighted by Crippen LogP contribution is -2.25. The number of benzene rings is 3. The minimum atomic E-state index is -4.65. The molecular weight excluding hydrogens is 463 g/mol. The maximum atomic E-state index is 13.5. The van der Waals surface area contributed by atoms with Crippen LogP contribution in [0.25, 0.3) is 11.1 Å². The molecule has 0 amide bonds. The molecule has 9 heteroatoms. The van der Waals surface area contributed by atoms with Crippen molar-refractivity contribution in [3.8, 4) is 16.9 Å². The van der Waals surface area contributed by atoms with Crippen LogP contribution >= 0.6 is 0 Å². The topological polar surface area (TPSA) is 87.9 Å². The summed E-state index contributed by atoms with van der Waals surface area (Å²) < 4.78 is 55.8. The smallest absolute Gasteiger partial charge is 0.416 e. The Kier molecular flexibility index (Phi) is 8.14. The van der Waals surface area contributed by atoms with Crippen molar-refractivity contribution in [3.63, 3.8) is 0 Å². The number of hydrogen-bond donors (Lipinski definition) is 1. The number of halogens is 3. The van der Waals surface area contributed by atoms with Crippen LogP contribution < -0.4 is 10.5 Å². The molecule has 6 nitrogen and oxygen atoms in total. The van der Waals surface area contributed by atoms with E-state index in [2.05, 4.69) is 4.74 Å². The van der Waals surface area contributed by atoms with E-state index in [-0.39, 0.29) is 24.2 Å². The van der Waals surface area contributed by atoms with Crippen molar-refractivity contribution >= 4 is 11.9 Å². The first kappa shape index (κ1) is 25.8. The van der Waals surface area contributed by atoms with E-state index in [1.54, 1.807) is 48.5 Å². The second kappa shape index (κ2) is 11.1. The third-order valence-electron chi connectivity index (χ3n) is 5.32. The van der Waals surface area contributed by atoms with E-state index in [0.29, 0.717) is 22.4 Å². The van der Waals surface area contributed by atoms with Gasteiger partial charge in [0, 0.05) is 5.56 Å². The van der Waals surface area contributed by atoms with Crippen molar-refractivity contribution in [1.82, 2.24) is 0 Å². The lowest BCUT2D eigenvalue weighted by Gasteiger charge is -2.20. The summed E-state index contributed by atoms with van der Waals surface area (Å²) in [6.07, 6.45) is -4.72. The van der Waals surface area contributed by atoms with E-state index in [0.717, 1.165) is 12.1 Å². The van der Waals surface area contributed by atoms with Crippen LogP contribution in [0.5, 0.6) is 5.75 Å². The number of hydrogen-bond acceptors (Lipinski definition) is 6. The highest BCUT2D eigenvalue weighted by Crippen LogP contribution is 2.39. The zero-order valence-electron chi connectivity index (χ0n) is 19.1. The highest BCUT2D eigenvalue weighted by Gasteiger charge is 2.33. The molecule has 1 unspecified atom stereocenters. The summed E-state index contributed by atoms with van der Waals surface area (Å²) in [5.41, 5.74) is 6.92. The number of nitrogens with two attached hydrogens (primary N) is 1. The van der Waals surface area contributed by atoms with Crippen LogP contribution in [-0.2, 0) is 38.3 Å². The average molecular weight is 487 g/mol. The van der Waals surface area contributed by atoms with Gasteiger partial charge in [-0.05, 0) is 46.5 Å². The maximum Gasteiger partial charge on any atom is 0.416 e. The Morgan fingerprint density at radius 2 is 1.63 bits per heavy atom. The van der Waals surface area contributed by atoms with Gasteiger partial charge in [-0.15, -0.1) is 0 Å². The van der Waals surface area contributed by atoms with Gasteiger partial charge in [0.05, 0.1) is 26.2 Å². The summed E-state index contributed by atoms with van der Waals surface area (Å²) in [5.74, 6) is -1.06. The van der Waals surface area contributed by atoms with E-state index < -0.39 is 29.7 Å². The van der Waals surface area contributed by atoms with Crippen molar-refractivity contribution in [2.24, 2.45) is 5.73 Å². The van der Waals surface area contributed by atoms with Gasteiger partial charge in [0.2, 0.25) is 0 Å². The normalized spacial score (nSPS) is 12.1. The van der Waals surface area contributed by atoms with Crippen molar-refractivity contribution < 1.29 is 37.0 Å². The Morgan fingerprint density at radius 1 is 0.914 bits per heavy atom. The van der Waals surface area contributed by atoms with Gasteiger partial charge < -0.3 is 19.9 Å². The molecule has 0 radical (unpaired) electrons. The number of rotatable bonds is 8. The Morgan fingerprint density at radius 3 is 2.26 bits per heavy atom. The predicted octanol–water partition coefficient (Wildman–Crippen LogP) is 4.84. The molecule has 0 aromatic heterocycles. The average Bonchev–Trinajstić information content (AvgIpc) is 2.86. The fourth-order valence-electron chi connectivity index (χ4n) is 3.50. The van der Waals surface area contributed by atoms with E-state index in [1.165, 1.54) is 20.3 Å². The second-order valence-electron chi connectivity index (χ2n) is 7.66. The Hall–Kier alpha value is -3.85. The molecule has 0 aliphatic rings. The lowest BCUT2D eigenvalue weighted by molar-refractivity contribution is -0.147. The number of ether oxygens (including phenoxy) is 3. The molecule has 0 aliphatic carbocycles. The summed E-state index contributed by atoms with van der Waals surface area (Å²) in [5, 5.41) is 0. The largest absolute Gasteiger partial charge is 0.496 e. The van der Waals surface area contributed by atoms with Crippen molar-refractivity contribution in [2.75, 3.05) is 14.2 Å². The van der Waals surface area contributed by atoms with Crippen LogP contribution in [0.3, 0.4) is 0 Å². The highest BCUT2D eigenvalue weighted by molar-refractivity contribution is 5.84.